The quantitative estimate of drug-likeness (QED) is 0.581. The zero-order valence-electron chi connectivity index (χ0n) is 9.69. The van der Waals surface area contributed by atoms with E-state index >= 15 is 0 Å². The average molecular weight is 236 g/mol. The summed E-state index contributed by atoms with van der Waals surface area (Å²) in [6.07, 6.45) is 0.831. The van der Waals surface area contributed by atoms with Crippen LogP contribution < -0.4 is 16.4 Å². The Kier molecular flexibility index (Phi) is 5.09. The van der Waals surface area contributed by atoms with Gasteiger partial charge in [0.05, 0.1) is 0 Å². The first kappa shape index (κ1) is 13.1. The van der Waals surface area contributed by atoms with Gasteiger partial charge in [0.1, 0.15) is 11.4 Å². The topological polar surface area (TPSA) is 97.1 Å². The van der Waals surface area contributed by atoms with E-state index in [1.54, 1.807) is 12.1 Å². The number of nitrogens with zero attached hydrogens (tertiary/aromatic N) is 1. The van der Waals surface area contributed by atoms with Gasteiger partial charge in [-0.3, -0.25) is 9.59 Å². The molecule has 0 fully saturated rings. The number of primary amides is 1. The van der Waals surface area contributed by atoms with Crippen LogP contribution in [0.5, 0.6) is 0 Å². The molecule has 0 saturated carbocycles. The van der Waals surface area contributed by atoms with Crippen molar-refractivity contribution in [2.24, 2.45) is 5.73 Å². The molecule has 2 amide bonds. The Morgan fingerprint density at radius 2 is 2.00 bits per heavy atom. The van der Waals surface area contributed by atoms with Crippen molar-refractivity contribution in [3.05, 3.63) is 29.6 Å². The minimum atomic E-state index is -0.644. The molecule has 0 unspecified atom stereocenters. The Hall–Kier alpha value is -1.95. The monoisotopic (exact) mass is 236 g/mol. The summed E-state index contributed by atoms with van der Waals surface area (Å²) < 4.78 is 0. The van der Waals surface area contributed by atoms with Gasteiger partial charge in [-0.1, -0.05) is 6.07 Å². The van der Waals surface area contributed by atoms with Gasteiger partial charge in [-0.15, -0.1) is 0 Å². The fraction of sp³-hybridized carbons (Fsp3) is 0.364. The Bertz CT molecular complexity index is 406. The molecule has 0 saturated heterocycles. The average Bonchev–Trinajstić information content (AvgIpc) is 2.34. The Morgan fingerprint density at radius 1 is 1.29 bits per heavy atom. The molecule has 0 bridgehead atoms. The Balaban J connectivity index is 2.56. The number of hydrogen-bond acceptors (Lipinski definition) is 4. The first-order valence-corrected chi connectivity index (χ1v) is 5.35. The van der Waals surface area contributed by atoms with Crippen molar-refractivity contribution in [2.45, 2.75) is 6.42 Å². The lowest BCUT2D eigenvalue weighted by molar-refractivity contribution is 0.0948. The molecule has 0 atom stereocenters. The first-order chi connectivity index (χ1) is 8.15. The summed E-state index contributed by atoms with van der Waals surface area (Å²) in [7, 11) is 1.85. The van der Waals surface area contributed by atoms with Gasteiger partial charge >= 0.3 is 0 Å². The number of nitrogens with two attached hydrogens (primary N) is 1. The van der Waals surface area contributed by atoms with Gasteiger partial charge in [-0.05, 0) is 32.1 Å². The molecule has 0 spiro atoms. The second-order valence-electron chi connectivity index (χ2n) is 3.49. The van der Waals surface area contributed by atoms with E-state index in [9.17, 15) is 9.59 Å². The van der Waals surface area contributed by atoms with Crippen molar-refractivity contribution < 1.29 is 9.59 Å². The number of amides is 2. The fourth-order valence-corrected chi connectivity index (χ4v) is 1.26. The molecule has 0 radical (unpaired) electrons. The maximum absolute atomic E-state index is 11.6. The van der Waals surface area contributed by atoms with Crippen molar-refractivity contribution in [3.8, 4) is 0 Å². The summed E-state index contributed by atoms with van der Waals surface area (Å²) in [6, 6.07) is 4.59. The molecule has 6 nitrogen and oxygen atoms in total. The number of nitrogens with one attached hydrogen (secondary N) is 2. The Labute approximate surface area is 99.6 Å². The predicted octanol–water partition coefficient (Wildman–Crippen LogP) is -0.480. The highest BCUT2D eigenvalue weighted by Crippen LogP contribution is 1.98. The van der Waals surface area contributed by atoms with Crippen LogP contribution in [0.1, 0.15) is 27.4 Å². The smallest absolute Gasteiger partial charge is 0.269 e. The third-order valence-electron chi connectivity index (χ3n) is 2.12. The zero-order chi connectivity index (χ0) is 12.7. The van der Waals surface area contributed by atoms with E-state index < -0.39 is 5.91 Å². The number of rotatable bonds is 6. The molecular formula is C11H16N4O2. The van der Waals surface area contributed by atoms with E-state index in [-0.39, 0.29) is 17.3 Å². The lowest BCUT2D eigenvalue weighted by Crippen LogP contribution is -2.28. The van der Waals surface area contributed by atoms with Gasteiger partial charge in [-0.2, -0.15) is 0 Å². The van der Waals surface area contributed by atoms with Crippen LogP contribution in [-0.2, 0) is 0 Å². The fourth-order valence-electron chi connectivity index (χ4n) is 1.26. The molecule has 0 aliphatic heterocycles. The summed E-state index contributed by atoms with van der Waals surface area (Å²) in [5, 5.41) is 5.68. The Morgan fingerprint density at radius 3 is 2.65 bits per heavy atom. The van der Waals surface area contributed by atoms with Crippen LogP contribution >= 0.6 is 0 Å². The van der Waals surface area contributed by atoms with Gasteiger partial charge in [0, 0.05) is 6.54 Å². The van der Waals surface area contributed by atoms with Gasteiger partial charge < -0.3 is 16.4 Å². The third-order valence-corrected chi connectivity index (χ3v) is 2.12. The van der Waals surface area contributed by atoms with Gasteiger partial charge in [-0.25, -0.2) is 4.98 Å². The second-order valence-corrected chi connectivity index (χ2v) is 3.49. The summed E-state index contributed by atoms with van der Waals surface area (Å²) in [4.78, 5) is 26.4. The third kappa shape index (κ3) is 4.20. The molecule has 92 valence electrons. The maximum Gasteiger partial charge on any atom is 0.269 e. The summed E-state index contributed by atoms with van der Waals surface area (Å²) in [5.41, 5.74) is 5.37. The minimum Gasteiger partial charge on any atom is -0.364 e. The second kappa shape index (κ2) is 6.59. The highest BCUT2D eigenvalue weighted by Gasteiger charge is 2.09. The summed E-state index contributed by atoms with van der Waals surface area (Å²) in [5.74, 6) is -0.945. The normalized spacial score (nSPS) is 9.94. The minimum absolute atomic E-state index is 0.0906. The highest BCUT2D eigenvalue weighted by atomic mass is 16.2. The molecule has 0 aromatic carbocycles. The highest BCUT2D eigenvalue weighted by molar-refractivity contribution is 5.95. The standard InChI is InChI=1S/C11H16N4O2/c1-13-6-3-7-14-11(17)9-5-2-4-8(15-9)10(12)16/h2,4-5,13H,3,6-7H2,1H3,(H2,12,16)(H,14,17). The number of pyridine rings is 1. The lowest BCUT2D eigenvalue weighted by Gasteiger charge is -2.04. The molecule has 1 heterocycles. The van der Waals surface area contributed by atoms with Gasteiger partial charge in [0.25, 0.3) is 11.8 Å². The number of aromatic nitrogens is 1. The van der Waals surface area contributed by atoms with Crippen molar-refractivity contribution in [1.82, 2.24) is 15.6 Å². The first-order valence-electron chi connectivity index (χ1n) is 5.35. The summed E-state index contributed by atoms with van der Waals surface area (Å²) in [6.45, 7) is 1.39. The van der Waals surface area contributed by atoms with Crippen LogP contribution in [0.25, 0.3) is 0 Å². The van der Waals surface area contributed by atoms with Crippen LogP contribution in [0.4, 0.5) is 0 Å². The van der Waals surface area contributed by atoms with E-state index in [1.807, 2.05) is 7.05 Å². The molecule has 0 aliphatic carbocycles. The van der Waals surface area contributed by atoms with E-state index in [1.165, 1.54) is 6.07 Å². The molecule has 1 rings (SSSR count). The zero-order valence-corrected chi connectivity index (χ0v) is 9.69. The number of carbonyl (C=O) groups excluding carboxylic acids is 2. The van der Waals surface area contributed by atoms with E-state index in [0.717, 1.165) is 13.0 Å². The molecule has 6 heteroatoms. The number of carbonyl (C=O) groups is 2. The van der Waals surface area contributed by atoms with Crippen molar-refractivity contribution in [3.63, 3.8) is 0 Å². The molecular weight excluding hydrogens is 220 g/mol. The van der Waals surface area contributed by atoms with E-state index in [2.05, 4.69) is 15.6 Å². The van der Waals surface area contributed by atoms with Crippen molar-refractivity contribution in [1.29, 1.82) is 0 Å². The van der Waals surface area contributed by atoms with Crippen molar-refractivity contribution in [2.75, 3.05) is 20.1 Å². The predicted molar refractivity (Wildman–Crippen MR) is 63.6 cm³/mol. The van der Waals surface area contributed by atoms with Crippen LogP contribution in [-0.4, -0.2) is 36.9 Å². The van der Waals surface area contributed by atoms with Crippen LogP contribution in [0.2, 0.25) is 0 Å². The van der Waals surface area contributed by atoms with Crippen LogP contribution in [0.15, 0.2) is 18.2 Å². The van der Waals surface area contributed by atoms with Crippen LogP contribution in [0, 0.1) is 0 Å². The molecule has 1 aromatic rings. The molecule has 0 aliphatic rings. The van der Waals surface area contributed by atoms with Crippen LogP contribution in [0.3, 0.4) is 0 Å². The molecule has 1 aromatic heterocycles. The van der Waals surface area contributed by atoms with Gasteiger partial charge in [0.15, 0.2) is 0 Å². The van der Waals surface area contributed by atoms with E-state index in [0.29, 0.717) is 6.54 Å². The van der Waals surface area contributed by atoms with Gasteiger partial charge in [0.2, 0.25) is 0 Å². The lowest BCUT2D eigenvalue weighted by atomic mass is 10.2. The molecule has 4 N–H and O–H groups in total. The number of hydrogen-bond donors (Lipinski definition) is 3. The SMILES string of the molecule is CNCCCNC(=O)c1cccc(C(N)=O)n1. The van der Waals surface area contributed by atoms with Crippen molar-refractivity contribution >= 4 is 11.8 Å². The summed E-state index contributed by atoms with van der Waals surface area (Å²) >= 11 is 0. The van der Waals surface area contributed by atoms with E-state index in [4.69, 9.17) is 5.73 Å². The molecule has 17 heavy (non-hydrogen) atoms. The maximum atomic E-state index is 11.6. The largest absolute Gasteiger partial charge is 0.364 e.